The van der Waals surface area contributed by atoms with Crippen LogP contribution in [0.2, 0.25) is 0 Å². The van der Waals surface area contributed by atoms with Gasteiger partial charge >= 0.3 is 0 Å². The van der Waals surface area contributed by atoms with Crippen LogP contribution in [0, 0.1) is 25.2 Å². The number of ether oxygens (including phenoxy) is 1. The molecule has 26 heavy (non-hydrogen) atoms. The fourth-order valence-corrected chi connectivity index (χ4v) is 3.00. The number of nitriles is 1. The van der Waals surface area contributed by atoms with Crippen LogP contribution < -0.4 is 5.32 Å². The summed E-state index contributed by atoms with van der Waals surface area (Å²) in [4.78, 5) is 12.2. The van der Waals surface area contributed by atoms with E-state index in [4.69, 9.17) is 4.74 Å². The van der Waals surface area contributed by atoms with Crippen LogP contribution >= 0.6 is 15.9 Å². The summed E-state index contributed by atoms with van der Waals surface area (Å²) in [5, 5.41) is 12.1. The van der Waals surface area contributed by atoms with Crippen LogP contribution in [-0.4, -0.2) is 30.7 Å². The van der Waals surface area contributed by atoms with Gasteiger partial charge in [-0.05, 0) is 62.2 Å². The van der Waals surface area contributed by atoms with Crippen LogP contribution in [0.5, 0.6) is 0 Å². The van der Waals surface area contributed by atoms with Crippen molar-refractivity contribution in [2.24, 2.45) is 0 Å². The molecule has 0 saturated carbocycles. The van der Waals surface area contributed by atoms with E-state index in [2.05, 4.69) is 25.8 Å². The summed E-state index contributed by atoms with van der Waals surface area (Å²) < 4.78 is 8.07. The quantitative estimate of drug-likeness (QED) is 0.423. The van der Waals surface area contributed by atoms with Crippen molar-refractivity contribution in [3.63, 3.8) is 0 Å². The summed E-state index contributed by atoms with van der Waals surface area (Å²) in [5.74, 6) is -0.364. The predicted molar refractivity (Wildman–Crippen MR) is 106 cm³/mol. The predicted octanol–water partition coefficient (Wildman–Crippen LogP) is 3.92. The zero-order chi connectivity index (χ0) is 19.1. The third-order valence-electron chi connectivity index (χ3n) is 4.03. The van der Waals surface area contributed by atoms with E-state index in [1.807, 2.05) is 50.2 Å². The molecule has 0 aliphatic carbocycles. The Labute approximate surface area is 162 Å². The van der Waals surface area contributed by atoms with E-state index in [9.17, 15) is 10.1 Å². The zero-order valence-corrected chi connectivity index (χ0v) is 16.8. The van der Waals surface area contributed by atoms with Crippen molar-refractivity contribution in [2.45, 2.75) is 20.3 Å². The van der Waals surface area contributed by atoms with Gasteiger partial charge in [0.2, 0.25) is 0 Å². The second kappa shape index (κ2) is 9.37. The number of nitrogens with zero attached hydrogens (tertiary/aromatic N) is 2. The van der Waals surface area contributed by atoms with Crippen LogP contribution in [0.1, 0.15) is 23.4 Å². The van der Waals surface area contributed by atoms with Gasteiger partial charge in [0.05, 0.1) is 0 Å². The molecule has 136 valence electrons. The van der Waals surface area contributed by atoms with E-state index >= 15 is 0 Å². The van der Waals surface area contributed by atoms with Gasteiger partial charge in [-0.3, -0.25) is 4.79 Å². The molecule has 0 aliphatic heterocycles. The molecule has 0 atom stereocenters. The molecule has 2 aromatic rings. The Hall–Kier alpha value is -2.36. The Morgan fingerprint density at radius 2 is 2.04 bits per heavy atom. The van der Waals surface area contributed by atoms with Gasteiger partial charge in [0, 0.05) is 41.8 Å². The number of carbonyl (C=O) groups is 1. The first-order valence-electron chi connectivity index (χ1n) is 8.31. The lowest BCUT2D eigenvalue weighted by Crippen LogP contribution is -2.26. The van der Waals surface area contributed by atoms with Crippen molar-refractivity contribution >= 4 is 27.9 Å². The second-order valence-corrected chi connectivity index (χ2v) is 6.83. The number of hydrogen-bond acceptors (Lipinski definition) is 3. The lowest BCUT2D eigenvalue weighted by Gasteiger charge is -2.09. The van der Waals surface area contributed by atoms with Gasteiger partial charge in [-0.2, -0.15) is 5.26 Å². The van der Waals surface area contributed by atoms with E-state index in [0.29, 0.717) is 19.6 Å². The van der Waals surface area contributed by atoms with Gasteiger partial charge in [0.25, 0.3) is 5.91 Å². The highest BCUT2D eigenvalue weighted by Gasteiger charge is 2.13. The number of halogens is 1. The van der Waals surface area contributed by atoms with Gasteiger partial charge in [0.1, 0.15) is 11.6 Å². The summed E-state index contributed by atoms with van der Waals surface area (Å²) in [6, 6.07) is 12.0. The lowest BCUT2D eigenvalue weighted by molar-refractivity contribution is -0.117. The maximum absolute atomic E-state index is 12.2. The summed E-state index contributed by atoms with van der Waals surface area (Å²) in [6.45, 7) is 5.03. The topological polar surface area (TPSA) is 67.0 Å². The summed E-state index contributed by atoms with van der Waals surface area (Å²) in [7, 11) is 1.61. The molecule has 1 aromatic carbocycles. The number of aromatic nitrogens is 1. The number of benzene rings is 1. The van der Waals surface area contributed by atoms with Crippen molar-refractivity contribution in [1.29, 1.82) is 5.26 Å². The van der Waals surface area contributed by atoms with Crippen LogP contribution in [-0.2, 0) is 9.53 Å². The van der Waals surface area contributed by atoms with Crippen molar-refractivity contribution in [1.82, 2.24) is 9.88 Å². The molecule has 0 aliphatic rings. The van der Waals surface area contributed by atoms with Crippen LogP contribution in [0.25, 0.3) is 11.8 Å². The number of rotatable bonds is 7. The summed E-state index contributed by atoms with van der Waals surface area (Å²) in [6.07, 6.45) is 2.35. The van der Waals surface area contributed by atoms with Gasteiger partial charge in [-0.1, -0.05) is 15.9 Å². The van der Waals surface area contributed by atoms with Crippen LogP contribution in [0.4, 0.5) is 0 Å². The number of nitrogens with one attached hydrogen (secondary N) is 1. The van der Waals surface area contributed by atoms with E-state index in [0.717, 1.165) is 27.1 Å². The average molecular weight is 416 g/mol. The third kappa shape index (κ3) is 4.84. The Balaban J connectivity index is 2.26. The van der Waals surface area contributed by atoms with Gasteiger partial charge in [-0.15, -0.1) is 0 Å². The normalized spacial score (nSPS) is 11.3. The van der Waals surface area contributed by atoms with E-state index in [1.54, 1.807) is 13.2 Å². The van der Waals surface area contributed by atoms with E-state index < -0.39 is 0 Å². The lowest BCUT2D eigenvalue weighted by atomic mass is 10.1. The average Bonchev–Trinajstić information content (AvgIpc) is 2.91. The molecular formula is C20H22BrN3O2. The number of methoxy groups -OCH3 is 1. The molecule has 5 nitrogen and oxygen atoms in total. The Morgan fingerprint density at radius 3 is 2.65 bits per heavy atom. The fourth-order valence-electron chi connectivity index (χ4n) is 2.74. The molecule has 0 fully saturated rings. The standard InChI is InChI=1S/C20H22BrN3O2/c1-14-11-16(12-17(13-22)20(25)23-9-4-10-26-3)15(2)24(14)19-7-5-18(21)6-8-19/h5-8,11-12H,4,9-10H2,1-3H3,(H,23,25)/b17-12+. The molecule has 2 rings (SSSR count). The highest BCUT2D eigenvalue weighted by molar-refractivity contribution is 9.10. The first-order valence-corrected chi connectivity index (χ1v) is 9.11. The molecule has 0 unspecified atom stereocenters. The molecule has 0 bridgehead atoms. The zero-order valence-electron chi connectivity index (χ0n) is 15.2. The largest absolute Gasteiger partial charge is 0.385 e. The molecule has 1 amide bonds. The van der Waals surface area contributed by atoms with Crippen molar-refractivity contribution in [3.05, 3.63) is 57.3 Å². The Bertz CT molecular complexity index is 845. The molecule has 1 aromatic heterocycles. The number of carbonyl (C=O) groups excluding carboxylic acids is 1. The summed E-state index contributed by atoms with van der Waals surface area (Å²) in [5.41, 5.74) is 4.00. The first-order chi connectivity index (χ1) is 12.5. The minimum absolute atomic E-state index is 0.0958. The highest BCUT2D eigenvalue weighted by Crippen LogP contribution is 2.24. The number of aryl methyl sites for hydroxylation is 1. The van der Waals surface area contributed by atoms with Gasteiger partial charge in [0.15, 0.2) is 0 Å². The Morgan fingerprint density at radius 1 is 1.35 bits per heavy atom. The highest BCUT2D eigenvalue weighted by atomic mass is 79.9. The Kier molecular flexibility index (Phi) is 7.19. The molecule has 0 radical (unpaired) electrons. The molecule has 0 spiro atoms. The van der Waals surface area contributed by atoms with Crippen LogP contribution in [0.15, 0.2) is 40.4 Å². The maximum Gasteiger partial charge on any atom is 0.261 e. The second-order valence-electron chi connectivity index (χ2n) is 5.91. The molecule has 1 N–H and O–H groups in total. The van der Waals surface area contributed by atoms with Crippen LogP contribution in [0.3, 0.4) is 0 Å². The maximum atomic E-state index is 12.2. The molecular weight excluding hydrogens is 394 g/mol. The smallest absolute Gasteiger partial charge is 0.261 e. The van der Waals surface area contributed by atoms with E-state index in [-0.39, 0.29) is 11.5 Å². The number of amides is 1. The SMILES string of the molecule is COCCCNC(=O)/C(C#N)=C/c1cc(C)n(-c2ccc(Br)cc2)c1C. The summed E-state index contributed by atoms with van der Waals surface area (Å²) >= 11 is 3.44. The minimum Gasteiger partial charge on any atom is -0.385 e. The number of hydrogen-bond donors (Lipinski definition) is 1. The molecule has 0 saturated heterocycles. The van der Waals surface area contributed by atoms with Gasteiger partial charge < -0.3 is 14.6 Å². The third-order valence-corrected chi connectivity index (χ3v) is 4.56. The first kappa shape index (κ1) is 20.0. The van der Waals surface area contributed by atoms with E-state index in [1.165, 1.54) is 0 Å². The van der Waals surface area contributed by atoms with Crippen molar-refractivity contribution in [3.8, 4) is 11.8 Å². The molecule has 6 heteroatoms. The van der Waals surface area contributed by atoms with Crippen molar-refractivity contribution < 1.29 is 9.53 Å². The van der Waals surface area contributed by atoms with Crippen molar-refractivity contribution in [2.75, 3.05) is 20.3 Å². The monoisotopic (exact) mass is 415 g/mol. The minimum atomic E-state index is -0.364. The molecule has 1 heterocycles. The fraction of sp³-hybridized carbons (Fsp3) is 0.300. The van der Waals surface area contributed by atoms with Gasteiger partial charge in [-0.25, -0.2) is 0 Å².